The molecule has 6 nitrogen and oxygen atoms in total. The van der Waals surface area contributed by atoms with Gasteiger partial charge in [0, 0.05) is 42.8 Å². The van der Waals surface area contributed by atoms with Crippen LogP contribution in [0.25, 0.3) is 0 Å². The van der Waals surface area contributed by atoms with Gasteiger partial charge in [0.1, 0.15) is 0 Å². The first-order valence-electron chi connectivity index (χ1n) is 8.14. The van der Waals surface area contributed by atoms with Gasteiger partial charge < -0.3 is 20.3 Å². The zero-order valence-electron chi connectivity index (χ0n) is 14.3. The van der Waals surface area contributed by atoms with Crippen LogP contribution < -0.4 is 10.6 Å². The SMILES string of the molecule is COCCNCC(=O)N1CCC(C(=O)Nc2ccc(Br)cc2)CC1.Cl. The summed E-state index contributed by atoms with van der Waals surface area (Å²) in [5.74, 6) is 0.0691. The number of carbonyl (C=O) groups excluding carboxylic acids is 2. The molecule has 0 bridgehead atoms. The summed E-state index contributed by atoms with van der Waals surface area (Å²) in [6.07, 6.45) is 1.40. The highest BCUT2D eigenvalue weighted by atomic mass is 79.9. The fourth-order valence-corrected chi connectivity index (χ4v) is 2.91. The first-order valence-corrected chi connectivity index (χ1v) is 8.93. The minimum atomic E-state index is -0.0425. The van der Waals surface area contributed by atoms with Gasteiger partial charge >= 0.3 is 0 Å². The number of methoxy groups -OCH3 is 1. The molecule has 8 heteroatoms. The summed E-state index contributed by atoms with van der Waals surface area (Å²) in [6.45, 7) is 2.82. The lowest BCUT2D eigenvalue weighted by molar-refractivity contribution is -0.133. The molecular weight excluding hydrogens is 410 g/mol. The number of carbonyl (C=O) groups is 2. The van der Waals surface area contributed by atoms with E-state index in [-0.39, 0.29) is 30.1 Å². The van der Waals surface area contributed by atoms with Gasteiger partial charge in [0.2, 0.25) is 11.8 Å². The molecule has 1 aliphatic heterocycles. The maximum Gasteiger partial charge on any atom is 0.236 e. The predicted molar refractivity (Wildman–Crippen MR) is 104 cm³/mol. The summed E-state index contributed by atoms with van der Waals surface area (Å²) in [7, 11) is 1.63. The molecule has 140 valence electrons. The third kappa shape index (κ3) is 7.32. The van der Waals surface area contributed by atoms with E-state index in [0.29, 0.717) is 45.6 Å². The summed E-state index contributed by atoms with van der Waals surface area (Å²) in [4.78, 5) is 26.2. The Bertz CT molecular complexity index is 549. The van der Waals surface area contributed by atoms with Gasteiger partial charge in [0.25, 0.3) is 0 Å². The normalized spacial score (nSPS) is 14.7. The van der Waals surface area contributed by atoms with Crippen molar-refractivity contribution in [3.63, 3.8) is 0 Å². The number of benzene rings is 1. The van der Waals surface area contributed by atoms with Gasteiger partial charge in [-0.3, -0.25) is 9.59 Å². The van der Waals surface area contributed by atoms with Crippen LogP contribution in [0.5, 0.6) is 0 Å². The van der Waals surface area contributed by atoms with E-state index in [2.05, 4.69) is 26.6 Å². The monoisotopic (exact) mass is 433 g/mol. The second-order valence-electron chi connectivity index (χ2n) is 5.82. The Kier molecular flexibility index (Phi) is 10.0. The number of amides is 2. The minimum Gasteiger partial charge on any atom is -0.383 e. The average Bonchev–Trinajstić information content (AvgIpc) is 2.60. The van der Waals surface area contributed by atoms with Gasteiger partial charge in [-0.05, 0) is 37.1 Å². The van der Waals surface area contributed by atoms with Crippen molar-refractivity contribution >= 4 is 45.8 Å². The Labute approximate surface area is 163 Å². The highest BCUT2D eigenvalue weighted by Gasteiger charge is 2.27. The molecule has 1 aromatic carbocycles. The number of hydrogen-bond acceptors (Lipinski definition) is 4. The molecule has 1 aromatic rings. The van der Waals surface area contributed by atoms with E-state index in [1.807, 2.05) is 29.2 Å². The molecule has 2 rings (SSSR count). The summed E-state index contributed by atoms with van der Waals surface area (Å²) in [5, 5.41) is 6.00. The first-order chi connectivity index (χ1) is 11.6. The van der Waals surface area contributed by atoms with Gasteiger partial charge in [0.15, 0.2) is 0 Å². The van der Waals surface area contributed by atoms with Gasteiger partial charge in [-0.1, -0.05) is 15.9 Å². The van der Waals surface area contributed by atoms with E-state index in [1.54, 1.807) is 7.11 Å². The van der Waals surface area contributed by atoms with E-state index in [9.17, 15) is 9.59 Å². The Morgan fingerprint density at radius 1 is 1.24 bits per heavy atom. The zero-order chi connectivity index (χ0) is 17.4. The highest BCUT2D eigenvalue weighted by Crippen LogP contribution is 2.20. The lowest BCUT2D eigenvalue weighted by Gasteiger charge is -2.31. The maximum atomic E-state index is 12.3. The number of hydrogen-bond donors (Lipinski definition) is 2. The highest BCUT2D eigenvalue weighted by molar-refractivity contribution is 9.10. The predicted octanol–water partition coefficient (Wildman–Crippen LogP) is 2.28. The topological polar surface area (TPSA) is 70.7 Å². The maximum absolute atomic E-state index is 12.3. The molecule has 0 aromatic heterocycles. The minimum absolute atomic E-state index is 0. The third-order valence-electron chi connectivity index (χ3n) is 4.09. The zero-order valence-corrected chi connectivity index (χ0v) is 16.7. The van der Waals surface area contributed by atoms with Gasteiger partial charge in [0.05, 0.1) is 13.2 Å². The second kappa shape index (κ2) is 11.5. The first kappa shape index (κ1) is 21.9. The fourth-order valence-electron chi connectivity index (χ4n) is 2.65. The number of nitrogens with zero attached hydrogens (tertiary/aromatic N) is 1. The van der Waals surface area contributed by atoms with Crippen LogP contribution in [0.4, 0.5) is 5.69 Å². The molecule has 0 radical (unpaired) electrons. The summed E-state index contributed by atoms with van der Waals surface area (Å²) >= 11 is 3.37. The van der Waals surface area contributed by atoms with Crippen LogP contribution >= 0.6 is 28.3 Å². The van der Waals surface area contributed by atoms with Crippen LogP contribution in [0, 0.1) is 5.92 Å². The van der Waals surface area contributed by atoms with Crippen LogP contribution in [0.3, 0.4) is 0 Å². The molecule has 1 fully saturated rings. The number of ether oxygens (including phenoxy) is 1. The van der Waals surface area contributed by atoms with E-state index >= 15 is 0 Å². The van der Waals surface area contributed by atoms with Crippen LogP contribution in [-0.2, 0) is 14.3 Å². The van der Waals surface area contributed by atoms with Gasteiger partial charge in [-0.15, -0.1) is 12.4 Å². The van der Waals surface area contributed by atoms with E-state index in [0.717, 1.165) is 10.2 Å². The molecule has 0 atom stereocenters. The number of rotatable bonds is 7. The van der Waals surface area contributed by atoms with Crippen LogP contribution in [-0.4, -0.2) is 56.6 Å². The number of likely N-dealkylation sites (tertiary alicyclic amines) is 1. The van der Waals surface area contributed by atoms with Crippen molar-refractivity contribution in [2.75, 3.05) is 45.2 Å². The van der Waals surface area contributed by atoms with Crippen LogP contribution in [0.15, 0.2) is 28.7 Å². The van der Waals surface area contributed by atoms with Crippen molar-refractivity contribution in [1.29, 1.82) is 0 Å². The standard InChI is InChI=1S/C17H24BrN3O3.ClH/c1-24-11-8-19-12-16(22)21-9-6-13(7-10-21)17(23)20-15-4-2-14(18)3-5-15;/h2-5,13,19H,6-12H2,1H3,(H,20,23);1H. The lowest BCUT2D eigenvalue weighted by atomic mass is 9.95. The van der Waals surface area contributed by atoms with Crippen LogP contribution in [0.2, 0.25) is 0 Å². The Hall–Kier alpha value is -1.15. The number of nitrogens with one attached hydrogen (secondary N) is 2. The quantitative estimate of drug-likeness (QED) is 0.646. The summed E-state index contributed by atoms with van der Waals surface area (Å²) in [5.41, 5.74) is 0.795. The summed E-state index contributed by atoms with van der Waals surface area (Å²) in [6, 6.07) is 7.53. The van der Waals surface area contributed by atoms with Gasteiger partial charge in [-0.2, -0.15) is 0 Å². The van der Waals surface area contributed by atoms with Crippen molar-refractivity contribution in [2.45, 2.75) is 12.8 Å². The fraction of sp³-hybridized carbons (Fsp3) is 0.529. The van der Waals surface area contributed by atoms with Gasteiger partial charge in [-0.25, -0.2) is 0 Å². The second-order valence-corrected chi connectivity index (χ2v) is 6.74. The Morgan fingerprint density at radius 2 is 1.88 bits per heavy atom. The molecule has 0 aliphatic carbocycles. The molecule has 2 N–H and O–H groups in total. The molecular formula is C17H25BrClN3O3. The lowest BCUT2D eigenvalue weighted by Crippen LogP contribution is -2.45. The van der Waals surface area contributed by atoms with Crippen molar-refractivity contribution in [2.24, 2.45) is 5.92 Å². The van der Waals surface area contributed by atoms with E-state index < -0.39 is 0 Å². The average molecular weight is 435 g/mol. The molecule has 0 spiro atoms. The van der Waals surface area contributed by atoms with Crippen molar-refractivity contribution in [3.8, 4) is 0 Å². The Balaban J connectivity index is 0.00000312. The molecule has 1 aliphatic rings. The molecule has 1 saturated heterocycles. The molecule has 1 heterocycles. The molecule has 2 amide bonds. The summed E-state index contributed by atoms with van der Waals surface area (Å²) < 4.78 is 5.91. The smallest absolute Gasteiger partial charge is 0.236 e. The van der Waals surface area contributed by atoms with E-state index in [1.165, 1.54) is 0 Å². The molecule has 0 saturated carbocycles. The van der Waals surface area contributed by atoms with Crippen LogP contribution in [0.1, 0.15) is 12.8 Å². The van der Waals surface area contributed by atoms with Crippen molar-refractivity contribution < 1.29 is 14.3 Å². The van der Waals surface area contributed by atoms with E-state index in [4.69, 9.17) is 4.74 Å². The number of piperidine rings is 1. The molecule has 25 heavy (non-hydrogen) atoms. The Morgan fingerprint density at radius 3 is 2.48 bits per heavy atom. The largest absolute Gasteiger partial charge is 0.383 e. The third-order valence-corrected chi connectivity index (χ3v) is 4.62. The van der Waals surface area contributed by atoms with Crippen molar-refractivity contribution in [3.05, 3.63) is 28.7 Å². The number of halogens is 2. The molecule has 0 unspecified atom stereocenters. The van der Waals surface area contributed by atoms with Crippen molar-refractivity contribution in [1.82, 2.24) is 10.2 Å². The number of anilines is 1.